The third-order valence-corrected chi connectivity index (χ3v) is 2.80. The van der Waals surface area contributed by atoms with E-state index in [1.54, 1.807) is 20.8 Å². The van der Waals surface area contributed by atoms with Crippen molar-refractivity contribution in [3.05, 3.63) is 36.3 Å². The van der Waals surface area contributed by atoms with Crippen LogP contribution in [0.15, 0.2) is 30.5 Å². The SMILES string of the molecule is CC(C)(C)OC(=O)Nc1cccc(Oc2ccnc(N)c2N)c1F. The molecule has 2 rings (SSSR count). The first-order chi connectivity index (χ1) is 11.2. The van der Waals surface area contributed by atoms with E-state index in [2.05, 4.69) is 10.3 Å². The monoisotopic (exact) mass is 334 g/mol. The molecule has 8 heteroatoms. The Morgan fingerprint density at radius 3 is 2.58 bits per heavy atom. The maximum Gasteiger partial charge on any atom is 0.412 e. The van der Waals surface area contributed by atoms with Crippen LogP contribution in [0, 0.1) is 5.82 Å². The molecule has 0 spiro atoms. The average Bonchev–Trinajstić information content (AvgIpc) is 2.46. The van der Waals surface area contributed by atoms with E-state index >= 15 is 0 Å². The number of halogens is 1. The van der Waals surface area contributed by atoms with Crippen LogP contribution in [0.5, 0.6) is 11.5 Å². The number of hydrogen-bond donors (Lipinski definition) is 3. The number of anilines is 3. The number of nitrogen functional groups attached to an aromatic ring is 2. The lowest BCUT2D eigenvalue weighted by Crippen LogP contribution is -2.27. The number of nitrogens with zero attached hydrogens (tertiary/aromatic N) is 1. The highest BCUT2D eigenvalue weighted by molar-refractivity contribution is 5.85. The molecule has 0 aliphatic carbocycles. The molecule has 0 fully saturated rings. The molecule has 1 aromatic carbocycles. The zero-order chi connectivity index (χ0) is 17.9. The van der Waals surface area contributed by atoms with Gasteiger partial charge in [0.25, 0.3) is 0 Å². The molecule has 1 aromatic heterocycles. The van der Waals surface area contributed by atoms with E-state index in [-0.39, 0.29) is 28.7 Å². The molecule has 0 aliphatic rings. The summed E-state index contributed by atoms with van der Waals surface area (Å²) in [6.45, 7) is 5.12. The molecule has 0 saturated heterocycles. The molecule has 7 nitrogen and oxygen atoms in total. The van der Waals surface area contributed by atoms with E-state index < -0.39 is 17.5 Å². The van der Waals surface area contributed by atoms with Gasteiger partial charge >= 0.3 is 6.09 Å². The van der Waals surface area contributed by atoms with E-state index in [1.807, 2.05) is 0 Å². The second-order valence-electron chi connectivity index (χ2n) is 5.95. The summed E-state index contributed by atoms with van der Waals surface area (Å²) in [5, 5.41) is 2.33. The molecular weight excluding hydrogens is 315 g/mol. The molecule has 24 heavy (non-hydrogen) atoms. The highest BCUT2D eigenvalue weighted by Crippen LogP contribution is 2.33. The van der Waals surface area contributed by atoms with Crippen LogP contribution in [0.25, 0.3) is 0 Å². The van der Waals surface area contributed by atoms with Gasteiger partial charge in [0.05, 0.1) is 5.69 Å². The Bertz CT molecular complexity index is 759. The van der Waals surface area contributed by atoms with Gasteiger partial charge in [-0.05, 0) is 32.9 Å². The van der Waals surface area contributed by atoms with Crippen LogP contribution >= 0.6 is 0 Å². The van der Waals surface area contributed by atoms with Crippen LogP contribution in [-0.4, -0.2) is 16.7 Å². The number of carbonyl (C=O) groups is 1. The Labute approximate surface area is 138 Å². The van der Waals surface area contributed by atoms with E-state index in [0.717, 1.165) is 0 Å². The van der Waals surface area contributed by atoms with Crippen molar-refractivity contribution in [3.8, 4) is 11.5 Å². The molecule has 0 radical (unpaired) electrons. The molecule has 5 N–H and O–H groups in total. The van der Waals surface area contributed by atoms with Crippen molar-refractivity contribution in [2.24, 2.45) is 0 Å². The first-order valence-corrected chi connectivity index (χ1v) is 7.13. The van der Waals surface area contributed by atoms with Crippen molar-refractivity contribution in [1.29, 1.82) is 0 Å². The number of nitrogens with two attached hydrogens (primary N) is 2. The Morgan fingerprint density at radius 2 is 1.92 bits per heavy atom. The molecule has 1 amide bonds. The quantitative estimate of drug-likeness (QED) is 0.791. The molecular formula is C16H19FN4O3. The van der Waals surface area contributed by atoms with Crippen LogP contribution in [-0.2, 0) is 4.74 Å². The Morgan fingerprint density at radius 1 is 1.21 bits per heavy atom. The van der Waals surface area contributed by atoms with Gasteiger partial charge in [-0.25, -0.2) is 14.2 Å². The van der Waals surface area contributed by atoms with Crippen LogP contribution in [0.3, 0.4) is 0 Å². The fourth-order valence-electron chi connectivity index (χ4n) is 1.78. The standard InChI is InChI=1S/C16H19FN4O3/c1-16(2,3)24-15(22)21-9-5-4-6-10(12(9)17)23-11-7-8-20-14(19)13(11)18/h4-8H,18H2,1-3H3,(H2,19,20)(H,21,22). The largest absolute Gasteiger partial charge is 0.452 e. The lowest BCUT2D eigenvalue weighted by atomic mass is 10.2. The van der Waals surface area contributed by atoms with Gasteiger partial charge in [0.15, 0.2) is 17.3 Å². The number of benzene rings is 1. The topological polar surface area (TPSA) is 112 Å². The van der Waals surface area contributed by atoms with Crippen LogP contribution in [0.1, 0.15) is 20.8 Å². The highest BCUT2D eigenvalue weighted by Gasteiger charge is 2.19. The van der Waals surface area contributed by atoms with Crippen molar-refractivity contribution in [2.75, 3.05) is 16.8 Å². The second-order valence-corrected chi connectivity index (χ2v) is 5.95. The molecule has 1 heterocycles. The minimum Gasteiger partial charge on any atom is -0.452 e. The lowest BCUT2D eigenvalue weighted by Gasteiger charge is -2.20. The number of aromatic nitrogens is 1. The lowest BCUT2D eigenvalue weighted by molar-refractivity contribution is 0.0635. The summed E-state index contributed by atoms with van der Waals surface area (Å²) in [6.07, 6.45) is 0.619. The Hall–Kier alpha value is -3.03. The minimum absolute atomic E-state index is 0.0796. The summed E-state index contributed by atoms with van der Waals surface area (Å²) in [5.74, 6) is -0.647. The van der Waals surface area contributed by atoms with Gasteiger partial charge < -0.3 is 20.9 Å². The predicted octanol–water partition coefficient (Wildman–Crippen LogP) is 3.52. The van der Waals surface area contributed by atoms with Crippen molar-refractivity contribution in [3.63, 3.8) is 0 Å². The average molecular weight is 334 g/mol. The summed E-state index contributed by atoms with van der Waals surface area (Å²) in [5.41, 5.74) is 10.6. The van der Waals surface area contributed by atoms with Gasteiger partial charge in [0, 0.05) is 12.3 Å². The Balaban J connectivity index is 2.22. The first kappa shape index (κ1) is 17.3. The molecule has 128 valence electrons. The summed E-state index contributed by atoms with van der Waals surface area (Å²) < 4.78 is 25.0. The smallest absolute Gasteiger partial charge is 0.412 e. The summed E-state index contributed by atoms with van der Waals surface area (Å²) in [7, 11) is 0. The zero-order valence-electron chi connectivity index (χ0n) is 13.6. The zero-order valence-corrected chi connectivity index (χ0v) is 13.6. The molecule has 0 unspecified atom stereocenters. The number of carbonyl (C=O) groups excluding carboxylic acids is 1. The van der Waals surface area contributed by atoms with Gasteiger partial charge in [-0.1, -0.05) is 6.07 Å². The third kappa shape index (κ3) is 4.25. The molecule has 0 atom stereocenters. The maximum absolute atomic E-state index is 14.5. The summed E-state index contributed by atoms with van der Waals surface area (Å²) in [6, 6.07) is 5.76. The number of pyridine rings is 1. The second kappa shape index (κ2) is 6.61. The Kier molecular flexibility index (Phi) is 4.77. The number of hydrogen-bond acceptors (Lipinski definition) is 6. The fraction of sp³-hybridized carbons (Fsp3) is 0.250. The molecule has 0 saturated carbocycles. The molecule has 2 aromatic rings. The summed E-state index contributed by atoms with van der Waals surface area (Å²) >= 11 is 0. The van der Waals surface area contributed by atoms with Crippen LogP contribution in [0.2, 0.25) is 0 Å². The van der Waals surface area contributed by atoms with Crippen molar-refractivity contribution in [1.82, 2.24) is 4.98 Å². The van der Waals surface area contributed by atoms with Crippen molar-refractivity contribution < 1.29 is 18.7 Å². The van der Waals surface area contributed by atoms with Gasteiger partial charge in [0.2, 0.25) is 0 Å². The van der Waals surface area contributed by atoms with E-state index in [4.69, 9.17) is 20.9 Å². The van der Waals surface area contributed by atoms with Crippen molar-refractivity contribution in [2.45, 2.75) is 26.4 Å². The minimum atomic E-state index is -0.772. The summed E-state index contributed by atoms with van der Waals surface area (Å²) in [4.78, 5) is 15.6. The maximum atomic E-state index is 14.5. The number of ether oxygens (including phenoxy) is 2. The highest BCUT2D eigenvalue weighted by atomic mass is 19.1. The number of rotatable bonds is 3. The number of nitrogens with one attached hydrogen (secondary N) is 1. The van der Waals surface area contributed by atoms with Crippen LogP contribution in [0.4, 0.5) is 26.4 Å². The van der Waals surface area contributed by atoms with E-state index in [0.29, 0.717) is 0 Å². The molecule has 0 aliphatic heterocycles. The van der Waals surface area contributed by atoms with Gasteiger partial charge in [-0.3, -0.25) is 5.32 Å². The van der Waals surface area contributed by atoms with E-state index in [1.165, 1.54) is 30.5 Å². The van der Waals surface area contributed by atoms with Gasteiger partial charge in [-0.15, -0.1) is 0 Å². The predicted molar refractivity (Wildman–Crippen MR) is 89.4 cm³/mol. The molecule has 0 bridgehead atoms. The third-order valence-electron chi connectivity index (χ3n) is 2.80. The van der Waals surface area contributed by atoms with E-state index in [9.17, 15) is 9.18 Å². The fourth-order valence-corrected chi connectivity index (χ4v) is 1.78. The van der Waals surface area contributed by atoms with Gasteiger partial charge in [-0.2, -0.15) is 0 Å². The van der Waals surface area contributed by atoms with Crippen molar-refractivity contribution >= 4 is 23.3 Å². The van der Waals surface area contributed by atoms with Crippen LogP contribution < -0.4 is 21.5 Å². The first-order valence-electron chi connectivity index (χ1n) is 7.13. The number of amides is 1. The van der Waals surface area contributed by atoms with Gasteiger partial charge in [0.1, 0.15) is 17.1 Å². The normalized spacial score (nSPS) is 11.0.